The van der Waals surface area contributed by atoms with Crippen molar-refractivity contribution in [2.24, 2.45) is 0 Å². The maximum atomic E-state index is 12.3. The van der Waals surface area contributed by atoms with E-state index in [9.17, 15) is 19.8 Å². The Bertz CT molecular complexity index is 367. The van der Waals surface area contributed by atoms with E-state index in [2.05, 4.69) is 21.5 Å². The number of carbonyl (C=O) groups excluding carboxylic acids is 2. The third-order valence-corrected chi connectivity index (χ3v) is 3.92. The zero-order valence-electron chi connectivity index (χ0n) is 15.7. The first-order chi connectivity index (χ1) is 11.0. The van der Waals surface area contributed by atoms with Crippen LogP contribution in [-0.4, -0.2) is 58.4 Å². The number of hydrogen-bond donors (Lipinski definition) is 6. The number of hydrogen-bond acceptors (Lipinski definition) is 6. The lowest BCUT2D eigenvalue weighted by Crippen LogP contribution is -2.66. The summed E-state index contributed by atoms with van der Waals surface area (Å²) in [5.74, 6) is -0.567. The van der Waals surface area contributed by atoms with Crippen molar-refractivity contribution in [1.29, 1.82) is 0 Å². The highest BCUT2D eigenvalue weighted by atomic mass is 16.3. The maximum absolute atomic E-state index is 12.3. The normalized spacial score (nSPS) is 14.8. The molecule has 0 rings (SSSR count). The molecule has 0 fully saturated rings. The molecule has 24 heavy (non-hydrogen) atoms. The van der Waals surface area contributed by atoms with Crippen molar-refractivity contribution < 1.29 is 19.8 Å². The molecular weight excluding hydrogens is 312 g/mol. The van der Waals surface area contributed by atoms with Crippen LogP contribution in [0.25, 0.3) is 0 Å². The average molecular weight is 346 g/mol. The summed E-state index contributed by atoms with van der Waals surface area (Å²) in [4.78, 5) is 24.6. The van der Waals surface area contributed by atoms with Crippen LogP contribution in [0.1, 0.15) is 54.4 Å². The molecule has 6 N–H and O–H groups in total. The summed E-state index contributed by atoms with van der Waals surface area (Å²) in [6, 6.07) is -0.602. The van der Waals surface area contributed by atoms with Crippen LogP contribution in [0.2, 0.25) is 0 Å². The molecule has 0 saturated heterocycles. The molecule has 0 aliphatic rings. The number of carbonyl (C=O) groups is 2. The summed E-state index contributed by atoms with van der Waals surface area (Å²) in [6.07, 6.45) is 1.25. The molecule has 0 aliphatic heterocycles. The van der Waals surface area contributed by atoms with Gasteiger partial charge in [-0.3, -0.25) is 9.59 Å². The number of nitrogens with one attached hydrogen (secondary N) is 4. The van der Waals surface area contributed by atoms with Crippen LogP contribution < -0.4 is 21.5 Å². The Morgan fingerprint density at radius 2 is 1.08 bits per heavy atom. The van der Waals surface area contributed by atoms with Gasteiger partial charge in [0.1, 0.15) is 11.1 Å². The fourth-order valence-electron chi connectivity index (χ4n) is 1.71. The molecule has 8 heteroatoms. The fourth-order valence-corrected chi connectivity index (χ4v) is 1.71. The van der Waals surface area contributed by atoms with Gasteiger partial charge >= 0.3 is 0 Å². The maximum Gasteiger partial charge on any atom is 0.241 e. The molecule has 0 spiro atoms. The monoisotopic (exact) mass is 346 g/mol. The number of amides is 2. The van der Waals surface area contributed by atoms with E-state index in [0.29, 0.717) is 12.8 Å². The summed E-state index contributed by atoms with van der Waals surface area (Å²) in [7, 11) is 0. The molecule has 0 radical (unpaired) electrons. The van der Waals surface area contributed by atoms with Crippen molar-refractivity contribution in [1.82, 2.24) is 21.5 Å². The molecule has 0 aromatic carbocycles. The Morgan fingerprint density at radius 3 is 1.29 bits per heavy atom. The minimum atomic E-state index is -0.985. The minimum Gasteiger partial charge on any atom is -0.394 e. The molecule has 0 aromatic rings. The first-order valence-electron chi connectivity index (χ1n) is 8.42. The first-order valence-corrected chi connectivity index (χ1v) is 8.42. The van der Waals surface area contributed by atoms with Crippen LogP contribution in [0.4, 0.5) is 0 Å². The predicted octanol–water partition coefficient (Wildman–Crippen LogP) is -0.588. The lowest BCUT2D eigenvalue weighted by molar-refractivity contribution is -0.131. The zero-order chi connectivity index (χ0) is 19.0. The fraction of sp³-hybridized carbons (Fsp3) is 0.875. The molecule has 2 amide bonds. The lowest BCUT2D eigenvalue weighted by Gasteiger charge is -2.33. The second-order valence-electron chi connectivity index (χ2n) is 7.02. The summed E-state index contributed by atoms with van der Waals surface area (Å²) in [6.45, 7) is 10.2. The van der Waals surface area contributed by atoms with Gasteiger partial charge in [-0.25, -0.2) is 10.9 Å². The van der Waals surface area contributed by atoms with Crippen LogP contribution in [0.15, 0.2) is 0 Å². The largest absolute Gasteiger partial charge is 0.394 e. The standard InChI is InChI=1S/C16H34N4O4/c1-7-11(9-21)17-13(23)15(3,4)19-20-16(5,6)14(24)18-12(8-2)10-22/h11-12,19-22H,7-10H2,1-6H3,(H,17,23)(H,18,24). The quantitative estimate of drug-likeness (QED) is 0.278. The predicted molar refractivity (Wildman–Crippen MR) is 93.0 cm³/mol. The summed E-state index contributed by atoms with van der Waals surface area (Å²) < 4.78 is 0. The Balaban J connectivity index is 4.71. The van der Waals surface area contributed by atoms with E-state index in [1.54, 1.807) is 27.7 Å². The van der Waals surface area contributed by atoms with E-state index in [1.807, 2.05) is 13.8 Å². The van der Waals surface area contributed by atoms with Crippen LogP contribution in [0.3, 0.4) is 0 Å². The van der Waals surface area contributed by atoms with Gasteiger partial charge in [-0.15, -0.1) is 0 Å². The van der Waals surface area contributed by atoms with Crippen LogP contribution in [0.5, 0.6) is 0 Å². The number of hydrazine groups is 1. The first kappa shape index (κ1) is 22.8. The molecular formula is C16H34N4O4. The molecule has 8 nitrogen and oxygen atoms in total. The van der Waals surface area contributed by atoms with Gasteiger partial charge < -0.3 is 20.8 Å². The molecule has 142 valence electrons. The average Bonchev–Trinajstić information content (AvgIpc) is 2.55. The second kappa shape index (κ2) is 9.93. The van der Waals surface area contributed by atoms with Gasteiger partial charge in [0, 0.05) is 0 Å². The Kier molecular flexibility index (Phi) is 9.42. The zero-order valence-corrected chi connectivity index (χ0v) is 15.7. The third kappa shape index (κ3) is 7.12. The number of aliphatic hydroxyl groups excluding tert-OH is 2. The highest BCUT2D eigenvalue weighted by Gasteiger charge is 2.34. The second-order valence-corrected chi connectivity index (χ2v) is 7.02. The lowest BCUT2D eigenvalue weighted by atomic mass is 10.0. The number of aliphatic hydroxyl groups is 2. The van der Waals surface area contributed by atoms with Gasteiger partial charge in [0.2, 0.25) is 11.8 Å². The third-order valence-electron chi connectivity index (χ3n) is 3.92. The summed E-state index contributed by atoms with van der Waals surface area (Å²) in [5, 5.41) is 23.9. The van der Waals surface area contributed by atoms with E-state index >= 15 is 0 Å². The smallest absolute Gasteiger partial charge is 0.241 e. The minimum absolute atomic E-state index is 0.126. The van der Waals surface area contributed by atoms with Crippen molar-refractivity contribution in [2.45, 2.75) is 77.5 Å². The van der Waals surface area contributed by atoms with E-state index in [4.69, 9.17) is 0 Å². The van der Waals surface area contributed by atoms with Crippen molar-refractivity contribution in [2.75, 3.05) is 13.2 Å². The van der Waals surface area contributed by atoms with Crippen molar-refractivity contribution in [3.63, 3.8) is 0 Å². The van der Waals surface area contributed by atoms with Crippen LogP contribution in [-0.2, 0) is 9.59 Å². The molecule has 2 unspecified atom stereocenters. The topological polar surface area (TPSA) is 123 Å². The van der Waals surface area contributed by atoms with Gasteiger partial charge in [-0.1, -0.05) is 13.8 Å². The Hall–Kier alpha value is -1.22. The van der Waals surface area contributed by atoms with Gasteiger partial charge in [-0.05, 0) is 40.5 Å². The van der Waals surface area contributed by atoms with E-state index in [0.717, 1.165) is 0 Å². The molecule has 0 aromatic heterocycles. The molecule has 0 saturated carbocycles. The van der Waals surface area contributed by atoms with E-state index in [-0.39, 0.29) is 37.1 Å². The highest BCUT2D eigenvalue weighted by molar-refractivity contribution is 5.87. The summed E-state index contributed by atoms with van der Waals surface area (Å²) >= 11 is 0. The van der Waals surface area contributed by atoms with Gasteiger partial charge in [0.05, 0.1) is 25.3 Å². The molecule has 0 heterocycles. The molecule has 0 aliphatic carbocycles. The molecule has 2 atom stereocenters. The van der Waals surface area contributed by atoms with Crippen molar-refractivity contribution >= 4 is 11.8 Å². The van der Waals surface area contributed by atoms with Crippen LogP contribution >= 0.6 is 0 Å². The van der Waals surface area contributed by atoms with E-state index in [1.165, 1.54) is 0 Å². The number of rotatable bonds is 11. The van der Waals surface area contributed by atoms with Gasteiger partial charge in [-0.2, -0.15) is 0 Å². The molecule has 0 bridgehead atoms. The highest BCUT2D eigenvalue weighted by Crippen LogP contribution is 2.07. The van der Waals surface area contributed by atoms with Crippen molar-refractivity contribution in [3.8, 4) is 0 Å². The van der Waals surface area contributed by atoms with E-state index < -0.39 is 11.1 Å². The van der Waals surface area contributed by atoms with Gasteiger partial charge in [0.15, 0.2) is 0 Å². The van der Waals surface area contributed by atoms with Gasteiger partial charge in [0.25, 0.3) is 0 Å². The van der Waals surface area contributed by atoms with Crippen molar-refractivity contribution in [3.05, 3.63) is 0 Å². The Labute approximate surface area is 144 Å². The van der Waals surface area contributed by atoms with Crippen LogP contribution in [0, 0.1) is 0 Å². The summed E-state index contributed by atoms with van der Waals surface area (Å²) in [5.41, 5.74) is 3.78. The Morgan fingerprint density at radius 1 is 0.792 bits per heavy atom. The SMILES string of the molecule is CCC(CO)NC(=O)C(C)(C)NNC(C)(C)C(=O)NC(CC)CO.